The van der Waals surface area contributed by atoms with E-state index in [1.165, 1.54) is 6.92 Å². The van der Waals surface area contributed by atoms with Crippen molar-refractivity contribution in [1.82, 2.24) is 10.9 Å². The Morgan fingerprint density at radius 1 is 0.931 bits per heavy atom. The number of ether oxygens (including phenoxy) is 1. The van der Waals surface area contributed by atoms with Crippen molar-refractivity contribution in [2.75, 3.05) is 5.32 Å². The number of hydrogen-bond acceptors (Lipinski definition) is 4. The number of amides is 3. The Morgan fingerprint density at radius 2 is 1.59 bits per heavy atom. The third kappa shape index (κ3) is 6.96. The fourth-order valence-electron chi connectivity index (χ4n) is 2.26. The molecule has 0 saturated carbocycles. The molecule has 0 aliphatic heterocycles. The lowest BCUT2D eigenvalue weighted by Gasteiger charge is -2.16. The molecule has 0 saturated heterocycles. The Kier molecular flexibility index (Phi) is 8.30. The minimum absolute atomic E-state index is 0.0562. The fraction of sp³-hybridized carbons (Fsp3) is 0.250. The summed E-state index contributed by atoms with van der Waals surface area (Å²) in [6.07, 6.45) is -1.05. The summed E-state index contributed by atoms with van der Waals surface area (Å²) >= 11 is 12.0. The van der Waals surface area contributed by atoms with Crippen LogP contribution in [0, 0.1) is 6.92 Å². The van der Waals surface area contributed by atoms with Crippen LogP contribution in [0.1, 0.15) is 25.3 Å². The summed E-state index contributed by atoms with van der Waals surface area (Å²) in [5.74, 6) is -1.05. The van der Waals surface area contributed by atoms with Crippen LogP contribution in [0.3, 0.4) is 0 Å². The van der Waals surface area contributed by atoms with Gasteiger partial charge in [0.15, 0.2) is 6.10 Å². The molecule has 0 aliphatic rings. The minimum Gasteiger partial charge on any atom is -0.479 e. The van der Waals surface area contributed by atoms with Gasteiger partial charge >= 0.3 is 0 Å². The van der Waals surface area contributed by atoms with E-state index in [0.717, 1.165) is 5.56 Å². The van der Waals surface area contributed by atoms with E-state index in [0.29, 0.717) is 21.5 Å². The average Bonchev–Trinajstić information content (AvgIpc) is 2.69. The van der Waals surface area contributed by atoms with E-state index in [1.54, 1.807) is 49.4 Å². The maximum atomic E-state index is 12.0. The number of rotatable bonds is 7. The van der Waals surface area contributed by atoms with Crippen LogP contribution in [0.4, 0.5) is 5.69 Å². The van der Waals surface area contributed by atoms with Crippen LogP contribution in [0.25, 0.3) is 0 Å². The first-order valence-electron chi connectivity index (χ1n) is 8.82. The molecule has 0 aromatic heterocycles. The smallest absolute Gasteiger partial charge is 0.279 e. The largest absolute Gasteiger partial charge is 0.479 e. The molecule has 0 fully saturated rings. The van der Waals surface area contributed by atoms with Gasteiger partial charge in [0.25, 0.3) is 5.91 Å². The van der Waals surface area contributed by atoms with Crippen molar-refractivity contribution in [2.45, 2.75) is 32.8 Å². The topological polar surface area (TPSA) is 96.5 Å². The standard InChI is InChI=1S/C20H21Cl2N3O4/c1-12-14(21)7-5-8-16(12)23-18(26)10-11-19(27)24-25-20(28)13(2)29-17-9-4-3-6-15(17)22/h3-9,13H,10-11H2,1-2H3,(H,23,26)(H,24,27)(H,25,28). The van der Waals surface area contributed by atoms with Crippen molar-refractivity contribution in [3.63, 3.8) is 0 Å². The number of nitrogens with one attached hydrogen (secondary N) is 3. The molecule has 2 rings (SSSR count). The predicted molar refractivity (Wildman–Crippen MR) is 112 cm³/mol. The molecular formula is C20H21Cl2N3O4. The quantitative estimate of drug-likeness (QED) is 0.576. The number of anilines is 1. The van der Waals surface area contributed by atoms with Crippen molar-refractivity contribution in [1.29, 1.82) is 0 Å². The Labute approximate surface area is 178 Å². The number of hydrazine groups is 1. The highest BCUT2D eigenvalue weighted by atomic mass is 35.5. The number of carbonyl (C=O) groups excluding carboxylic acids is 3. The highest BCUT2D eigenvalue weighted by molar-refractivity contribution is 6.32. The first-order valence-corrected chi connectivity index (χ1v) is 9.58. The first-order chi connectivity index (χ1) is 13.8. The zero-order chi connectivity index (χ0) is 21.4. The molecule has 0 spiro atoms. The molecule has 154 valence electrons. The van der Waals surface area contributed by atoms with Gasteiger partial charge in [-0.05, 0) is 43.7 Å². The number of hydrogen-bond donors (Lipinski definition) is 3. The lowest BCUT2D eigenvalue weighted by atomic mass is 10.2. The maximum absolute atomic E-state index is 12.0. The Morgan fingerprint density at radius 3 is 2.31 bits per heavy atom. The van der Waals surface area contributed by atoms with Crippen LogP contribution in [-0.2, 0) is 14.4 Å². The number of halogens is 2. The van der Waals surface area contributed by atoms with Gasteiger partial charge in [-0.1, -0.05) is 41.4 Å². The maximum Gasteiger partial charge on any atom is 0.279 e. The summed E-state index contributed by atoms with van der Waals surface area (Å²) in [7, 11) is 0. The molecular weight excluding hydrogens is 417 g/mol. The molecule has 0 bridgehead atoms. The van der Waals surface area contributed by atoms with Gasteiger partial charge in [-0.25, -0.2) is 0 Å². The van der Waals surface area contributed by atoms with Gasteiger partial charge in [0, 0.05) is 23.6 Å². The summed E-state index contributed by atoms with van der Waals surface area (Å²) < 4.78 is 5.45. The molecule has 3 N–H and O–H groups in total. The van der Waals surface area contributed by atoms with Gasteiger partial charge in [-0.15, -0.1) is 0 Å². The van der Waals surface area contributed by atoms with Gasteiger partial charge in [-0.2, -0.15) is 0 Å². The minimum atomic E-state index is -0.885. The van der Waals surface area contributed by atoms with Crippen LogP contribution in [-0.4, -0.2) is 23.8 Å². The monoisotopic (exact) mass is 437 g/mol. The average molecular weight is 438 g/mol. The second-order valence-electron chi connectivity index (χ2n) is 6.19. The van der Waals surface area contributed by atoms with Gasteiger partial charge < -0.3 is 10.1 Å². The van der Waals surface area contributed by atoms with Gasteiger partial charge in [0.05, 0.1) is 5.02 Å². The molecule has 2 aromatic rings. The van der Waals surface area contributed by atoms with E-state index in [1.807, 2.05) is 0 Å². The van der Waals surface area contributed by atoms with Gasteiger partial charge in [-0.3, -0.25) is 25.2 Å². The summed E-state index contributed by atoms with van der Waals surface area (Å²) in [6, 6.07) is 11.9. The molecule has 1 unspecified atom stereocenters. The molecule has 3 amide bonds. The van der Waals surface area contributed by atoms with Gasteiger partial charge in [0.1, 0.15) is 5.75 Å². The highest BCUT2D eigenvalue weighted by Crippen LogP contribution is 2.24. The fourth-order valence-corrected chi connectivity index (χ4v) is 2.62. The predicted octanol–water partition coefficient (Wildman–Crippen LogP) is 3.64. The van der Waals surface area contributed by atoms with E-state index in [9.17, 15) is 14.4 Å². The third-order valence-corrected chi connectivity index (χ3v) is 4.68. The van der Waals surface area contributed by atoms with Crippen molar-refractivity contribution >= 4 is 46.6 Å². The molecule has 2 aromatic carbocycles. The van der Waals surface area contributed by atoms with Crippen LogP contribution < -0.4 is 20.9 Å². The molecule has 29 heavy (non-hydrogen) atoms. The number of benzene rings is 2. The van der Waals surface area contributed by atoms with E-state index in [-0.39, 0.29) is 18.7 Å². The summed E-state index contributed by atoms with van der Waals surface area (Å²) in [5, 5.41) is 3.61. The lowest BCUT2D eigenvalue weighted by molar-refractivity contribution is -0.133. The lowest BCUT2D eigenvalue weighted by Crippen LogP contribution is -2.47. The van der Waals surface area contributed by atoms with Crippen LogP contribution in [0.15, 0.2) is 42.5 Å². The van der Waals surface area contributed by atoms with E-state index >= 15 is 0 Å². The second kappa shape index (κ2) is 10.7. The van der Waals surface area contributed by atoms with Gasteiger partial charge in [0.2, 0.25) is 11.8 Å². The third-order valence-electron chi connectivity index (χ3n) is 3.96. The van der Waals surface area contributed by atoms with E-state index < -0.39 is 17.9 Å². The van der Waals surface area contributed by atoms with E-state index in [4.69, 9.17) is 27.9 Å². The Balaban J connectivity index is 1.73. The SMILES string of the molecule is Cc1c(Cl)cccc1NC(=O)CCC(=O)NNC(=O)C(C)Oc1ccccc1Cl. The normalized spacial score (nSPS) is 11.3. The highest BCUT2D eigenvalue weighted by Gasteiger charge is 2.17. The van der Waals surface area contributed by atoms with Crippen LogP contribution in [0.5, 0.6) is 5.75 Å². The Bertz CT molecular complexity index is 905. The molecule has 0 radical (unpaired) electrons. The second-order valence-corrected chi connectivity index (χ2v) is 7.00. The van der Waals surface area contributed by atoms with Crippen molar-refractivity contribution in [3.8, 4) is 5.75 Å². The van der Waals surface area contributed by atoms with Crippen LogP contribution >= 0.6 is 23.2 Å². The molecule has 0 aliphatic carbocycles. The van der Waals surface area contributed by atoms with Crippen LogP contribution in [0.2, 0.25) is 10.0 Å². The molecule has 1 atom stereocenters. The molecule has 9 heteroatoms. The summed E-state index contributed by atoms with van der Waals surface area (Å²) in [4.78, 5) is 35.9. The van der Waals surface area contributed by atoms with E-state index in [2.05, 4.69) is 16.2 Å². The van der Waals surface area contributed by atoms with Crippen molar-refractivity contribution in [2.24, 2.45) is 0 Å². The molecule has 0 heterocycles. The summed E-state index contributed by atoms with van der Waals surface area (Å²) in [5.41, 5.74) is 5.83. The Hall–Kier alpha value is -2.77. The van der Waals surface area contributed by atoms with Crippen molar-refractivity contribution in [3.05, 3.63) is 58.1 Å². The first kappa shape index (κ1) is 22.5. The number of carbonyl (C=O) groups is 3. The zero-order valence-corrected chi connectivity index (χ0v) is 17.4. The number of para-hydroxylation sites is 1. The zero-order valence-electron chi connectivity index (χ0n) is 15.9. The molecule has 7 nitrogen and oxygen atoms in total. The van der Waals surface area contributed by atoms with Crippen molar-refractivity contribution < 1.29 is 19.1 Å². The summed E-state index contributed by atoms with van der Waals surface area (Å²) in [6.45, 7) is 3.30.